The van der Waals surface area contributed by atoms with E-state index in [2.05, 4.69) is 20.8 Å². The molecule has 4 rings (SSSR count). The fourth-order valence-corrected chi connectivity index (χ4v) is 3.87. The highest BCUT2D eigenvalue weighted by molar-refractivity contribution is 6.14. The van der Waals surface area contributed by atoms with Crippen molar-refractivity contribution in [1.29, 1.82) is 0 Å². The fourth-order valence-electron chi connectivity index (χ4n) is 3.87. The van der Waals surface area contributed by atoms with Gasteiger partial charge in [0.15, 0.2) is 0 Å². The second-order valence-corrected chi connectivity index (χ2v) is 8.06. The first kappa shape index (κ1) is 18.7. The molecule has 1 aromatic carbocycles. The zero-order valence-corrected chi connectivity index (χ0v) is 16.7. The number of ketones is 1. The quantitative estimate of drug-likeness (QED) is 0.643. The van der Waals surface area contributed by atoms with Gasteiger partial charge >= 0.3 is 0 Å². The van der Waals surface area contributed by atoms with Crippen molar-refractivity contribution in [3.05, 3.63) is 58.5 Å². The zero-order valence-electron chi connectivity index (χ0n) is 16.7. The SMILES string of the molecule is CCCCc1nc2oc(C(=O)c3ccccc3)c(N)c2c2c1COC(C)(C)C2. The number of nitrogen functional groups attached to an aromatic ring is 1. The largest absolute Gasteiger partial charge is 0.432 e. The summed E-state index contributed by atoms with van der Waals surface area (Å²) in [7, 11) is 0. The van der Waals surface area contributed by atoms with Gasteiger partial charge in [-0.3, -0.25) is 4.79 Å². The molecular weight excluding hydrogens is 352 g/mol. The number of ether oxygens (including phenoxy) is 1. The van der Waals surface area contributed by atoms with Crippen LogP contribution in [0.5, 0.6) is 0 Å². The van der Waals surface area contributed by atoms with Crippen LogP contribution in [-0.4, -0.2) is 16.4 Å². The minimum atomic E-state index is -0.295. The molecule has 0 unspecified atom stereocenters. The molecule has 2 aromatic heterocycles. The Labute approximate surface area is 164 Å². The summed E-state index contributed by atoms with van der Waals surface area (Å²) >= 11 is 0. The van der Waals surface area contributed by atoms with E-state index in [0.29, 0.717) is 30.0 Å². The van der Waals surface area contributed by atoms with Gasteiger partial charge in [-0.05, 0) is 32.3 Å². The lowest BCUT2D eigenvalue weighted by Crippen LogP contribution is -2.32. The molecule has 0 saturated carbocycles. The van der Waals surface area contributed by atoms with Crippen LogP contribution in [0.15, 0.2) is 34.7 Å². The molecule has 5 nitrogen and oxygen atoms in total. The van der Waals surface area contributed by atoms with Crippen molar-refractivity contribution in [1.82, 2.24) is 4.98 Å². The minimum absolute atomic E-state index is 0.174. The fraction of sp³-hybridized carbons (Fsp3) is 0.391. The number of furan rings is 1. The number of anilines is 1. The molecule has 28 heavy (non-hydrogen) atoms. The first-order valence-electron chi connectivity index (χ1n) is 9.87. The average Bonchev–Trinajstić information content (AvgIpc) is 3.02. The third-order valence-corrected chi connectivity index (χ3v) is 5.40. The van der Waals surface area contributed by atoms with Gasteiger partial charge in [-0.15, -0.1) is 0 Å². The van der Waals surface area contributed by atoms with Crippen LogP contribution in [0.1, 0.15) is 66.6 Å². The molecule has 0 saturated heterocycles. The average molecular weight is 378 g/mol. The molecule has 0 spiro atoms. The molecular formula is C23H26N2O3. The number of aromatic nitrogens is 1. The number of nitrogens with zero attached hydrogens (tertiary/aromatic N) is 1. The molecule has 0 aliphatic carbocycles. The summed E-state index contributed by atoms with van der Waals surface area (Å²) in [5, 5.41) is 0.769. The van der Waals surface area contributed by atoms with Crippen molar-refractivity contribution >= 4 is 22.6 Å². The van der Waals surface area contributed by atoms with Gasteiger partial charge in [0, 0.05) is 17.5 Å². The van der Waals surface area contributed by atoms with Crippen molar-refractivity contribution in [2.75, 3.05) is 5.73 Å². The van der Waals surface area contributed by atoms with Gasteiger partial charge in [0.05, 0.1) is 29.0 Å². The predicted molar refractivity (Wildman–Crippen MR) is 109 cm³/mol. The molecule has 0 amide bonds. The van der Waals surface area contributed by atoms with Crippen LogP contribution in [-0.2, 0) is 24.2 Å². The Kier molecular flexibility index (Phi) is 4.71. The van der Waals surface area contributed by atoms with Gasteiger partial charge < -0.3 is 14.9 Å². The Bertz CT molecular complexity index is 1040. The number of benzene rings is 1. The zero-order chi connectivity index (χ0) is 19.9. The maximum absolute atomic E-state index is 13.0. The number of fused-ring (bicyclic) bond motifs is 3. The first-order chi connectivity index (χ1) is 13.4. The van der Waals surface area contributed by atoms with Gasteiger partial charge in [-0.1, -0.05) is 43.7 Å². The smallest absolute Gasteiger partial charge is 0.230 e. The van der Waals surface area contributed by atoms with Crippen molar-refractivity contribution in [3.8, 4) is 0 Å². The summed E-state index contributed by atoms with van der Waals surface area (Å²) in [5.41, 5.74) is 10.7. The highest BCUT2D eigenvalue weighted by Crippen LogP contribution is 2.39. The Morgan fingerprint density at radius 2 is 1.96 bits per heavy atom. The Hall–Kier alpha value is -2.66. The summed E-state index contributed by atoms with van der Waals surface area (Å²) in [6, 6.07) is 9.06. The molecule has 1 aliphatic rings. The van der Waals surface area contributed by atoms with E-state index in [1.807, 2.05) is 18.2 Å². The van der Waals surface area contributed by atoms with Crippen molar-refractivity contribution in [2.24, 2.45) is 0 Å². The molecule has 0 bridgehead atoms. The van der Waals surface area contributed by atoms with Crippen molar-refractivity contribution in [3.63, 3.8) is 0 Å². The summed E-state index contributed by atoms with van der Waals surface area (Å²) < 4.78 is 12.0. The van der Waals surface area contributed by atoms with E-state index in [0.717, 1.165) is 41.5 Å². The third-order valence-electron chi connectivity index (χ3n) is 5.40. The standard InChI is InChI=1S/C23H26N2O3/c1-4-5-11-17-16-13-27-23(2,3)12-15(16)18-19(24)21(28-22(18)25-17)20(26)14-9-7-6-8-10-14/h6-10H,4-5,11-13,24H2,1-3H3. The van der Waals surface area contributed by atoms with Crippen molar-refractivity contribution < 1.29 is 13.9 Å². The summed E-state index contributed by atoms with van der Waals surface area (Å²) in [4.78, 5) is 17.7. The van der Waals surface area contributed by atoms with Gasteiger partial charge in [0.2, 0.25) is 17.3 Å². The predicted octanol–water partition coefficient (Wildman–Crippen LogP) is 4.83. The van der Waals surface area contributed by atoms with E-state index in [-0.39, 0.29) is 17.1 Å². The summed E-state index contributed by atoms with van der Waals surface area (Å²) in [6.45, 7) is 6.81. The van der Waals surface area contributed by atoms with Crippen LogP contribution >= 0.6 is 0 Å². The highest BCUT2D eigenvalue weighted by atomic mass is 16.5. The van der Waals surface area contributed by atoms with E-state index in [1.165, 1.54) is 0 Å². The van der Waals surface area contributed by atoms with E-state index < -0.39 is 0 Å². The van der Waals surface area contributed by atoms with Gasteiger partial charge in [0.25, 0.3) is 0 Å². The molecule has 0 atom stereocenters. The second kappa shape index (κ2) is 7.06. The molecule has 3 heterocycles. The summed E-state index contributed by atoms with van der Waals surface area (Å²) in [6.07, 6.45) is 3.70. The van der Waals surface area contributed by atoms with Crippen LogP contribution in [0.3, 0.4) is 0 Å². The number of pyridine rings is 1. The van der Waals surface area contributed by atoms with Crippen LogP contribution < -0.4 is 5.73 Å². The summed E-state index contributed by atoms with van der Waals surface area (Å²) in [5.74, 6) is -0.0425. The lowest BCUT2D eigenvalue weighted by atomic mass is 9.88. The topological polar surface area (TPSA) is 78.4 Å². The normalized spacial score (nSPS) is 15.5. The number of unbranched alkanes of at least 4 members (excludes halogenated alkanes) is 1. The van der Waals surface area contributed by atoms with E-state index in [4.69, 9.17) is 19.9 Å². The van der Waals surface area contributed by atoms with Crippen LogP contribution in [0.2, 0.25) is 0 Å². The lowest BCUT2D eigenvalue weighted by Gasteiger charge is -2.33. The van der Waals surface area contributed by atoms with E-state index >= 15 is 0 Å². The molecule has 0 fully saturated rings. The monoisotopic (exact) mass is 378 g/mol. The molecule has 146 valence electrons. The number of rotatable bonds is 5. The number of carbonyl (C=O) groups excluding carboxylic acids is 1. The maximum Gasteiger partial charge on any atom is 0.230 e. The lowest BCUT2D eigenvalue weighted by molar-refractivity contribution is -0.0401. The van der Waals surface area contributed by atoms with Crippen LogP contribution in [0.25, 0.3) is 11.1 Å². The Morgan fingerprint density at radius 1 is 1.21 bits per heavy atom. The Morgan fingerprint density at radius 3 is 2.68 bits per heavy atom. The highest BCUT2D eigenvalue weighted by Gasteiger charge is 2.33. The number of hydrogen-bond acceptors (Lipinski definition) is 5. The number of hydrogen-bond donors (Lipinski definition) is 1. The van der Waals surface area contributed by atoms with E-state index in [1.54, 1.807) is 12.1 Å². The molecule has 5 heteroatoms. The first-order valence-corrected chi connectivity index (χ1v) is 9.87. The van der Waals surface area contributed by atoms with Crippen molar-refractivity contribution in [2.45, 2.75) is 58.7 Å². The molecule has 0 radical (unpaired) electrons. The second-order valence-electron chi connectivity index (χ2n) is 8.06. The maximum atomic E-state index is 13.0. The number of nitrogens with two attached hydrogens (primary N) is 1. The Balaban J connectivity index is 1.90. The van der Waals surface area contributed by atoms with Crippen LogP contribution in [0.4, 0.5) is 5.69 Å². The molecule has 1 aliphatic heterocycles. The van der Waals surface area contributed by atoms with Crippen LogP contribution in [0, 0.1) is 0 Å². The third kappa shape index (κ3) is 3.20. The van der Waals surface area contributed by atoms with E-state index in [9.17, 15) is 4.79 Å². The minimum Gasteiger partial charge on any atom is -0.432 e. The molecule has 3 aromatic rings. The number of carbonyl (C=O) groups is 1. The van der Waals surface area contributed by atoms with Gasteiger partial charge in [0.1, 0.15) is 0 Å². The van der Waals surface area contributed by atoms with Gasteiger partial charge in [-0.2, -0.15) is 0 Å². The molecule has 2 N–H and O–H groups in total. The van der Waals surface area contributed by atoms with Gasteiger partial charge in [-0.25, -0.2) is 4.98 Å². The number of aryl methyl sites for hydroxylation is 1.